The topological polar surface area (TPSA) is 38.3 Å². The number of unbranched alkanes of at least 4 members (excludes halogenated alkanes) is 2. The number of carbonyl (C=O) groups excluding carboxylic acids is 1. The first-order chi connectivity index (χ1) is 9.54. The lowest BCUT2D eigenvalue weighted by Gasteiger charge is -2.12. The number of aryl methyl sites for hydroxylation is 1. The van der Waals surface area contributed by atoms with Crippen molar-refractivity contribution in [3.8, 4) is 5.75 Å². The van der Waals surface area contributed by atoms with Gasteiger partial charge < -0.3 is 10.1 Å². The van der Waals surface area contributed by atoms with E-state index in [0.717, 1.165) is 37.1 Å². The molecule has 1 aromatic carbocycles. The molecule has 1 rings (SSSR count). The highest BCUT2D eigenvalue weighted by atomic mass is 16.5. The van der Waals surface area contributed by atoms with Gasteiger partial charge in [-0.25, -0.2) is 0 Å². The van der Waals surface area contributed by atoms with Crippen molar-refractivity contribution in [1.29, 1.82) is 0 Å². The third-order valence-corrected chi connectivity index (χ3v) is 3.34. The monoisotopic (exact) mass is 277 g/mol. The minimum absolute atomic E-state index is 0.0459. The summed E-state index contributed by atoms with van der Waals surface area (Å²) < 4.78 is 5.63. The van der Waals surface area contributed by atoms with Gasteiger partial charge in [-0.15, -0.1) is 0 Å². The van der Waals surface area contributed by atoms with Gasteiger partial charge in [0, 0.05) is 6.54 Å². The number of hydrogen-bond acceptors (Lipinski definition) is 2. The van der Waals surface area contributed by atoms with Crippen LogP contribution in [0.1, 0.15) is 57.1 Å². The Morgan fingerprint density at radius 3 is 2.70 bits per heavy atom. The van der Waals surface area contributed by atoms with Crippen LogP contribution in [-0.4, -0.2) is 19.1 Å². The highest BCUT2D eigenvalue weighted by molar-refractivity contribution is 5.77. The third kappa shape index (κ3) is 5.64. The van der Waals surface area contributed by atoms with Gasteiger partial charge in [-0.05, 0) is 36.5 Å². The van der Waals surface area contributed by atoms with E-state index in [0.29, 0.717) is 5.92 Å². The fraction of sp³-hybridized carbons (Fsp3) is 0.588. The summed E-state index contributed by atoms with van der Waals surface area (Å²) in [5, 5.41) is 2.88. The average molecular weight is 277 g/mol. The Kier molecular flexibility index (Phi) is 7.13. The van der Waals surface area contributed by atoms with Gasteiger partial charge in [0.05, 0.1) is 0 Å². The lowest BCUT2D eigenvalue weighted by atomic mass is 10.0. The highest BCUT2D eigenvalue weighted by Crippen LogP contribution is 2.24. The molecule has 1 aromatic rings. The van der Waals surface area contributed by atoms with Crippen molar-refractivity contribution >= 4 is 5.91 Å². The lowest BCUT2D eigenvalue weighted by molar-refractivity contribution is -0.123. The molecule has 0 aromatic heterocycles. The fourth-order valence-corrected chi connectivity index (χ4v) is 1.93. The second-order valence-corrected chi connectivity index (χ2v) is 5.53. The van der Waals surface area contributed by atoms with Crippen molar-refractivity contribution < 1.29 is 9.53 Å². The zero-order valence-electron chi connectivity index (χ0n) is 13.2. The van der Waals surface area contributed by atoms with Crippen LogP contribution in [0.3, 0.4) is 0 Å². The van der Waals surface area contributed by atoms with Crippen LogP contribution in [-0.2, 0) is 4.79 Å². The number of rotatable bonds is 8. The number of benzene rings is 1. The van der Waals surface area contributed by atoms with Crippen molar-refractivity contribution in [3.05, 3.63) is 29.3 Å². The third-order valence-electron chi connectivity index (χ3n) is 3.34. The Balaban J connectivity index is 2.44. The zero-order valence-corrected chi connectivity index (χ0v) is 13.2. The zero-order chi connectivity index (χ0) is 15.0. The van der Waals surface area contributed by atoms with Crippen molar-refractivity contribution in [2.24, 2.45) is 0 Å². The number of ether oxygens (including phenoxy) is 1. The molecule has 112 valence electrons. The summed E-state index contributed by atoms with van der Waals surface area (Å²) in [7, 11) is 0. The van der Waals surface area contributed by atoms with E-state index in [1.54, 1.807) is 0 Å². The van der Waals surface area contributed by atoms with Crippen molar-refractivity contribution in [2.45, 2.75) is 52.9 Å². The predicted molar refractivity (Wildman–Crippen MR) is 83.3 cm³/mol. The van der Waals surface area contributed by atoms with Crippen LogP contribution < -0.4 is 10.1 Å². The molecule has 0 radical (unpaired) electrons. The van der Waals surface area contributed by atoms with Crippen LogP contribution in [0.25, 0.3) is 0 Å². The smallest absolute Gasteiger partial charge is 0.257 e. The Bertz CT molecular complexity index is 427. The van der Waals surface area contributed by atoms with Gasteiger partial charge in [-0.3, -0.25) is 4.79 Å². The number of hydrogen-bond donors (Lipinski definition) is 1. The normalized spacial score (nSPS) is 10.7. The largest absolute Gasteiger partial charge is 0.483 e. The molecular weight excluding hydrogens is 250 g/mol. The van der Waals surface area contributed by atoms with E-state index >= 15 is 0 Å². The Morgan fingerprint density at radius 1 is 1.30 bits per heavy atom. The predicted octanol–water partition coefficient (Wildman–Crippen LogP) is 3.80. The van der Waals surface area contributed by atoms with Gasteiger partial charge in [0.15, 0.2) is 6.61 Å². The number of amides is 1. The molecule has 20 heavy (non-hydrogen) atoms. The van der Waals surface area contributed by atoms with Gasteiger partial charge in [0.1, 0.15) is 5.75 Å². The first kappa shape index (κ1) is 16.5. The van der Waals surface area contributed by atoms with Gasteiger partial charge in [-0.2, -0.15) is 0 Å². The summed E-state index contributed by atoms with van der Waals surface area (Å²) in [6, 6.07) is 6.19. The van der Waals surface area contributed by atoms with Crippen molar-refractivity contribution in [3.63, 3.8) is 0 Å². The molecular formula is C17H27NO2. The molecule has 0 fully saturated rings. The molecule has 1 amide bonds. The van der Waals surface area contributed by atoms with Crippen LogP contribution in [0.2, 0.25) is 0 Å². The van der Waals surface area contributed by atoms with E-state index in [4.69, 9.17) is 4.74 Å². The summed E-state index contributed by atoms with van der Waals surface area (Å²) in [6.07, 6.45) is 3.34. The molecule has 0 heterocycles. The van der Waals surface area contributed by atoms with Gasteiger partial charge in [-0.1, -0.05) is 45.7 Å². The first-order valence-corrected chi connectivity index (χ1v) is 7.54. The molecule has 0 saturated heterocycles. The fourth-order valence-electron chi connectivity index (χ4n) is 1.93. The SMILES string of the molecule is CCCCCNC(=O)COc1cc(C(C)C)ccc1C. The lowest BCUT2D eigenvalue weighted by Crippen LogP contribution is -2.29. The molecule has 0 aliphatic heterocycles. The van der Waals surface area contributed by atoms with E-state index in [9.17, 15) is 4.79 Å². The van der Waals surface area contributed by atoms with E-state index in [1.807, 2.05) is 19.1 Å². The molecule has 1 N–H and O–H groups in total. The molecule has 0 spiro atoms. The molecule has 3 heteroatoms. The van der Waals surface area contributed by atoms with Crippen molar-refractivity contribution in [1.82, 2.24) is 5.32 Å². The van der Waals surface area contributed by atoms with Gasteiger partial charge >= 0.3 is 0 Å². The van der Waals surface area contributed by atoms with Gasteiger partial charge in [0.2, 0.25) is 0 Å². The maximum Gasteiger partial charge on any atom is 0.257 e. The van der Waals surface area contributed by atoms with E-state index in [-0.39, 0.29) is 12.5 Å². The summed E-state index contributed by atoms with van der Waals surface area (Å²) in [4.78, 5) is 11.7. The second-order valence-electron chi connectivity index (χ2n) is 5.53. The summed E-state index contributed by atoms with van der Waals surface area (Å²) in [6.45, 7) is 9.27. The second kappa shape index (κ2) is 8.62. The summed E-state index contributed by atoms with van der Waals surface area (Å²) in [5.41, 5.74) is 2.29. The summed E-state index contributed by atoms with van der Waals surface area (Å²) >= 11 is 0. The van der Waals surface area contributed by atoms with Crippen LogP contribution in [0.5, 0.6) is 5.75 Å². The minimum Gasteiger partial charge on any atom is -0.483 e. The van der Waals surface area contributed by atoms with E-state index in [1.165, 1.54) is 5.56 Å². The molecule has 0 saturated carbocycles. The number of nitrogens with one attached hydrogen (secondary N) is 1. The quantitative estimate of drug-likeness (QED) is 0.734. The average Bonchev–Trinajstić information content (AvgIpc) is 2.42. The van der Waals surface area contributed by atoms with Crippen molar-refractivity contribution in [2.75, 3.05) is 13.2 Å². The number of carbonyl (C=O) groups is 1. The van der Waals surface area contributed by atoms with E-state index < -0.39 is 0 Å². The highest BCUT2D eigenvalue weighted by Gasteiger charge is 2.07. The molecule has 0 aliphatic carbocycles. The Hall–Kier alpha value is -1.51. The molecule has 3 nitrogen and oxygen atoms in total. The van der Waals surface area contributed by atoms with Gasteiger partial charge in [0.25, 0.3) is 5.91 Å². The maximum absolute atomic E-state index is 11.7. The van der Waals surface area contributed by atoms with Crippen LogP contribution in [0.4, 0.5) is 0 Å². The maximum atomic E-state index is 11.7. The standard InChI is InChI=1S/C17H27NO2/c1-5-6-7-10-18-17(19)12-20-16-11-15(13(2)3)9-8-14(16)4/h8-9,11,13H,5-7,10,12H2,1-4H3,(H,18,19). The molecule has 0 aliphatic rings. The Morgan fingerprint density at radius 2 is 2.05 bits per heavy atom. The first-order valence-electron chi connectivity index (χ1n) is 7.54. The molecule has 0 unspecified atom stereocenters. The van der Waals surface area contributed by atoms with Crippen LogP contribution in [0.15, 0.2) is 18.2 Å². The minimum atomic E-state index is -0.0459. The molecule has 0 atom stereocenters. The van der Waals surface area contributed by atoms with E-state index in [2.05, 4.69) is 32.2 Å². The Labute approximate surface area is 122 Å². The molecule has 0 bridgehead atoms. The summed E-state index contributed by atoms with van der Waals surface area (Å²) in [5.74, 6) is 1.22. The van der Waals surface area contributed by atoms with Crippen LogP contribution >= 0.6 is 0 Å². The van der Waals surface area contributed by atoms with Crippen LogP contribution in [0, 0.1) is 6.92 Å².